The number of nitrogens with one attached hydrogen (secondary N) is 1. The maximum absolute atomic E-state index is 12.8. The lowest BCUT2D eigenvalue weighted by atomic mass is 9.97. The van der Waals surface area contributed by atoms with Gasteiger partial charge in [-0.3, -0.25) is 4.79 Å². The number of carbonyl (C=O) groups is 1. The number of imidazole rings is 1. The molecule has 0 aromatic carbocycles. The Balaban J connectivity index is 1.46. The average molecular weight is 414 g/mol. The standard InChI is InChI=1S/C22H35N7O/c1-3-27(4-2)14-11-23-22(30)17-9-8-12-28(15-17)20-19-21(25-16-24-20)29-13-7-5-6-10-18(29)26-19/h16-17H,3-15H2,1-2H3,(H,23,30). The van der Waals surface area contributed by atoms with Crippen molar-refractivity contribution < 1.29 is 4.79 Å². The predicted molar refractivity (Wildman–Crippen MR) is 119 cm³/mol. The van der Waals surface area contributed by atoms with Crippen LogP contribution in [0.5, 0.6) is 0 Å². The van der Waals surface area contributed by atoms with Gasteiger partial charge in [-0.2, -0.15) is 0 Å². The van der Waals surface area contributed by atoms with Crippen molar-refractivity contribution in [2.75, 3.05) is 44.2 Å². The molecule has 1 N–H and O–H groups in total. The quantitative estimate of drug-likeness (QED) is 0.750. The van der Waals surface area contributed by atoms with Gasteiger partial charge < -0.3 is 19.7 Å². The second-order valence-electron chi connectivity index (χ2n) is 8.46. The number of likely N-dealkylation sites (N-methyl/N-ethyl adjacent to an activating group) is 1. The number of piperidine rings is 1. The number of carbonyl (C=O) groups excluding carboxylic acids is 1. The van der Waals surface area contributed by atoms with Crippen LogP contribution < -0.4 is 10.2 Å². The zero-order valence-electron chi connectivity index (χ0n) is 18.4. The van der Waals surface area contributed by atoms with Crippen LogP contribution in [0.3, 0.4) is 0 Å². The third-order valence-corrected chi connectivity index (χ3v) is 6.59. The van der Waals surface area contributed by atoms with Gasteiger partial charge in [-0.05, 0) is 38.8 Å². The lowest BCUT2D eigenvalue weighted by Gasteiger charge is -2.33. The summed E-state index contributed by atoms with van der Waals surface area (Å²) in [4.78, 5) is 31.5. The highest BCUT2D eigenvalue weighted by molar-refractivity contribution is 5.85. The number of amides is 1. The second kappa shape index (κ2) is 9.73. The summed E-state index contributed by atoms with van der Waals surface area (Å²) >= 11 is 0. The first-order chi connectivity index (χ1) is 14.7. The van der Waals surface area contributed by atoms with Gasteiger partial charge in [-0.15, -0.1) is 0 Å². The van der Waals surface area contributed by atoms with Gasteiger partial charge in [0.15, 0.2) is 17.0 Å². The molecule has 164 valence electrons. The molecule has 2 aromatic rings. The molecule has 1 fully saturated rings. The molecule has 2 aliphatic rings. The number of anilines is 1. The van der Waals surface area contributed by atoms with Crippen LogP contribution >= 0.6 is 0 Å². The Morgan fingerprint density at radius 1 is 1.17 bits per heavy atom. The monoisotopic (exact) mass is 413 g/mol. The second-order valence-corrected chi connectivity index (χ2v) is 8.46. The fourth-order valence-corrected chi connectivity index (χ4v) is 4.76. The van der Waals surface area contributed by atoms with E-state index in [4.69, 9.17) is 4.98 Å². The topological polar surface area (TPSA) is 79.2 Å². The average Bonchev–Trinajstić information content (AvgIpc) is 2.97. The van der Waals surface area contributed by atoms with E-state index in [2.05, 4.69) is 43.5 Å². The van der Waals surface area contributed by atoms with E-state index in [1.165, 1.54) is 19.3 Å². The molecule has 0 aliphatic carbocycles. The van der Waals surface area contributed by atoms with Crippen LogP contribution in [0, 0.1) is 5.92 Å². The smallest absolute Gasteiger partial charge is 0.224 e. The van der Waals surface area contributed by atoms with E-state index >= 15 is 0 Å². The summed E-state index contributed by atoms with van der Waals surface area (Å²) in [6, 6.07) is 0. The minimum Gasteiger partial charge on any atom is -0.355 e. The Morgan fingerprint density at radius 3 is 2.87 bits per heavy atom. The number of fused-ring (bicyclic) bond motifs is 3. The number of hydrogen-bond acceptors (Lipinski definition) is 6. The SMILES string of the molecule is CCN(CC)CCNC(=O)C1CCCN(c2ncnc3c2nc2n3CCCCC2)C1. The molecule has 1 unspecified atom stereocenters. The summed E-state index contributed by atoms with van der Waals surface area (Å²) in [5.41, 5.74) is 1.85. The van der Waals surface area contributed by atoms with Gasteiger partial charge in [-0.1, -0.05) is 20.3 Å². The molecule has 30 heavy (non-hydrogen) atoms. The molecule has 1 amide bonds. The number of rotatable bonds is 7. The molecule has 1 atom stereocenters. The van der Waals surface area contributed by atoms with Gasteiger partial charge in [0.05, 0.1) is 5.92 Å². The van der Waals surface area contributed by atoms with Gasteiger partial charge >= 0.3 is 0 Å². The lowest BCUT2D eigenvalue weighted by molar-refractivity contribution is -0.125. The molecule has 0 bridgehead atoms. The van der Waals surface area contributed by atoms with Crippen molar-refractivity contribution in [2.24, 2.45) is 5.92 Å². The minimum absolute atomic E-state index is 0.000841. The number of nitrogens with zero attached hydrogens (tertiary/aromatic N) is 6. The maximum atomic E-state index is 12.8. The molecule has 1 saturated heterocycles. The summed E-state index contributed by atoms with van der Waals surface area (Å²) in [7, 11) is 0. The van der Waals surface area contributed by atoms with Gasteiger partial charge in [-0.25, -0.2) is 15.0 Å². The van der Waals surface area contributed by atoms with Gasteiger partial charge in [0.2, 0.25) is 5.91 Å². The van der Waals surface area contributed by atoms with Crippen LogP contribution in [0.4, 0.5) is 5.82 Å². The highest BCUT2D eigenvalue weighted by atomic mass is 16.1. The molecule has 2 aliphatic heterocycles. The van der Waals surface area contributed by atoms with Crippen molar-refractivity contribution >= 4 is 22.9 Å². The van der Waals surface area contributed by atoms with Crippen molar-refractivity contribution in [3.8, 4) is 0 Å². The summed E-state index contributed by atoms with van der Waals surface area (Å²) in [5, 5.41) is 3.15. The van der Waals surface area contributed by atoms with E-state index in [-0.39, 0.29) is 11.8 Å². The molecular weight excluding hydrogens is 378 g/mol. The number of hydrogen-bond donors (Lipinski definition) is 1. The van der Waals surface area contributed by atoms with E-state index in [0.717, 1.165) is 74.8 Å². The Hall–Kier alpha value is -2.22. The number of aromatic nitrogens is 4. The van der Waals surface area contributed by atoms with Gasteiger partial charge in [0, 0.05) is 39.1 Å². The molecule has 0 saturated carbocycles. The van der Waals surface area contributed by atoms with E-state index in [1.807, 2.05) is 0 Å². The molecule has 4 rings (SSSR count). The van der Waals surface area contributed by atoms with E-state index in [0.29, 0.717) is 13.1 Å². The zero-order chi connectivity index (χ0) is 20.9. The van der Waals surface area contributed by atoms with Crippen LogP contribution in [0.1, 0.15) is 51.8 Å². The molecule has 0 spiro atoms. The molecule has 8 nitrogen and oxygen atoms in total. The summed E-state index contributed by atoms with van der Waals surface area (Å²) in [6.45, 7) is 10.6. The maximum Gasteiger partial charge on any atom is 0.224 e. The largest absolute Gasteiger partial charge is 0.355 e. The van der Waals surface area contributed by atoms with Gasteiger partial charge in [0.1, 0.15) is 12.2 Å². The molecule has 4 heterocycles. The van der Waals surface area contributed by atoms with Crippen LogP contribution in [-0.4, -0.2) is 69.6 Å². The molecule has 0 radical (unpaired) electrons. The summed E-state index contributed by atoms with van der Waals surface area (Å²) < 4.78 is 2.27. The molecular formula is C22H35N7O. The van der Waals surface area contributed by atoms with Crippen LogP contribution in [-0.2, 0) is 17.8 Å². The predicted octanol–water partition coefficient (Wildman–Crippen LogP) is 2.23. The van der Waals surface area contributed by atoms with Crippen LogP contribution in [0.15, 0.2) is 6.33 Å². The van der Waals surface area contributed by atoms with Crippen LogP contribution in [0.2, 0.25) is 0 Å². The van der Waals surface area contributed by atoms with Crippen molar-refractivity contribution in [1.82, 2.24) is 29.7 Å². The van der Waals surface area contributed by atoms with Crippen molar-refractivity contribution in [2.45, 2.75) is 58.9 Å². The van der Waals surface area contributed by atoms with Gasteiger partial charge in [0.25, 0.3) is 0 Å². The van der Waals surface area contributed by atoms with Crippen LogP contribution in [0.25, 0.3) is 11.2 Å². The molecule has 8 heteroatoms. The van der Waals surface area contributed by atoms with E-state index < -0.39 is 0 Å². The Morgan fingerprint density at radius 2 is 2.03 bits per heavy atom. The fourth-order valence-electron chi connectivity index (χ4n) is 4.76. The first-order valence-corrected chi connectivity index (χ1v) is 11.7. The Labute approximate surface area is 179 Å². The first-order valence-electron chi connectivity index (χ1n) is 11.7. The van der Waals surface area contributed by atoms with E-state index in [1.54, 1.807) is 6.33 Å². The fraction of sp³-hybridized carbons (Fsp3) is 0.727. The highest BCUT2D eigenvalue weighted by Crippen LogP contribution is 2.29. The Bertz CT molecular complexity index is 861. The zero-order valence-corrected chi connectivity index (χ0v) is 18.4. The highest BCUT2D eigenvalue weighted by Gasteiger charge is 2.29. The first kappa shape index (κ1) is 21.0. The van der Waals surface area contributed by atoms with Crippen molar-refractivity contribution in [3.63, 3.8) is 0 Å². The minimum atomic E-state index is 0.000841. The van der Waals surface area contributed by atoms with E-state index in [9.17, 15) is 4.79 Å². The third-order valence-electron chi connectivity index (χ3n) is 6.59. The summed E-state index contributed by atoms with van der Waals surface area (Å²) in [6.07, 6.45) is 8.20. The normalized spacial score (nSPS) is 19.7. The third kappa shape index (κ3) is 4.43. The summed E-state index contributed by atoms with van der Waals surface area (Å²) in [5.74, 6) is 2.19. The lowest BCUT2D eigenvalue weighted by Crippen LogP contribution is -2.45. The van der Waals surface area contributed by atoms with Crippen molar-refractivity contribution in [3.05, 3.63) is 12.2 Å². The molecule has 2 aromatic heterocycles. The van der Waals surface area contributed by atoms with Crippen molar-refractivity contribution in [1.29, 1.82) is 0 Å². The Kier molecular flexibility index (Phi) is 6.82. The number of aryl methyl sites for hydroxylation is 2.